The van der Waals surface area contributed by atoms with Crippen LogP contribution in [0, 0.1) is 6.92 Å². The number of carbonyl (C=O) groups is 2. The molecule has 2 heterocycles. The van der Waals surface area contributed by atoms with Gasteiger partial charge < -0.3 is 23.9 Å². The fraction of sp³-hybridized carbons (Fsp3) is 0.200. The smallest absolute Gasteiger partial charge is 0.296 e. The van der Waals surface area contributed by atoms with Gasteiger partial charge in [-0.1, -0.05) is 30.3 Å². The highest BCUT2D eigenvalue weighted by molar-refractivity contribution is 6.46. The highest BCUT2D eigenvalue weighted by atomic mass is 16.5. The molecular weight excluding hydrogens is 410 g/mol. The third-order valence-electron chi connectivity index (χ3n) is 5.59. The van der Waals surface area contributed by atoms with Crippen LogP contribution in [0.4, 0.5) is 0 Å². The zero-order valence-corrected chi connectivity index (χ0v) is 18.0. The zero-order chi connectivity index (χ0) is 22.8. The summed E-state index contributed by atoms with van der Waals surface area (Å²) in [7, 11) is 2.92. The Morgan fingerprint density at radius 3 is 2.28 bits per heavy atom. The summed E-state index contributed by atoms with van der Waals surface area (Å²) < 4.78 is 16.2. The molecular formula is C25H23NO6. The lowest BCUT2D eigenvalue weighted by molar-refractivity contribution is -0.140. The minimum atomic E-state index is -0.809. The summed E-state index contributed by atoms with van der Waals surface area (Å²) in [4.78, 5) is 27.8. The first kappa shape index (κ1) is 21.2. The number of rotatable bonds is 6. The number of hydrogen-bond acceptors (Lipinski definition) is 6. The number of Topliss-reactive ketones (excluding diaryl/α,β-unsaturated/α-hetero) is 1. The number of benzene rings is 2. The lowest BCUT2D eigenvalue weighted by Gasteiger charge is -2.26. The van der Waals surface area contributed by atoms with Crippen LogP contribution >= 0.6 is 0 Å². The van der Waals surface area contributed by atoms with Crippen molar-refractivity contribution in [1.29, 1.82) is 0 Å². The molecule has 2 aromatic carbocycles. The van der Waals surface area contributed by atoms with Crippen LogP contribution in [-0.4, -0.2) is 35.9 Å². The predicted octanol–water partition coefficient (Wildman–Crippen LogP) is 4.23. The van der Waals surface area contributed by atoms with Gasteiger partial charge in [0.05, 0.1) is 38.6 Å². The highest BCUT2D eigenvalue weighted by Crippen LogP contribution is 2.44. The number of hydrogen-bond donors (Lipinski definition) is 1. The number of ether oxygens (including phenoxy) is 2. The first-order valence-corrected chi connectivity index (χ1v) is 10.1. The summed E-state index contributed by atoms with van der Waals surface area (Å²) in [5.41, 5.74) is 1.79. The van der Waals surface area contributed by atoms with Crippen molar-refractivity contribution in [2.75, 3.05) is 14.2 Å². The Bertz CT molecular complexity index is 1170. The molecule has 0 bridgehead atoms. The number of aliphatic hydroxyl groups is 1. The lowest BCUT2D eigenvalue weighted by Crippen LogP contribution is -2.29. The Hall–Kier alpha value is -4.00. The molecule has 0 radical (unpaired) electrons. The fourth-order valence-corrected chi connectivity index (χ4v) is 4.05. The van der Waals surface area contributed by atoms with Crippen LogP contribution in [0.2, 0.25) is 0 Å². The van der Waals surface area contributed by atoms with E-state index < -0.39 is 17.7 Å². The molecule has 1 aromatic heterocycles. The molecule has 0 saturated carbocycles. The molecule has 164 valence electrons. The van der Waals surface area contributed by atoms with Crippen LogP contribution in [0.15, 0.2) is 70.9 Å². The second-order valence-electron chi connectivity index (χ2n) is 7.40. The van der Waals surface area contributed by atoms with Gasteiger partial charge in [-0.15, -0.1) is 0 Å². The minimum Gasteiger partial charge on any atom is -0.506 e. The fourth-order valence-electron chi connectivity index (χ4n) is 4.05. The van der Waals surface area contributed by atoms with Gasteiger partial charge in [0, 0.05) is 0 Å². The van der Waals surface area contributed by atoms with E-state index in [2.05, 4.69) is 0 Å². The van der Waals surface area contributed by atoms with Gasteiger partial charge in [0.25, 0.3) is 11.7 Å². The van der Waals surface area contributed by atoms with E-state index in [4.69, 9.17) is 13.9 Å². The van der Waals surface area contributed by atoms with Gasteiger partial charge in [0.15, 0.2) is 0 Å². The van der Waals surface area contributed by atoms with E-state index in [1.165, 1.54) is 25.4 Å². The number of amides is 1. The molecule has 1 amide bonds. The predicted molar refractivity (Wildman–Crippen MR) is 117 cm³/mol. The van der Waals surface area contributed by atoms with E-state index in [0.29, 0.717) is 17.3 Å². The summed E-state index contributed by atoms with van der Waals surface area (Å²) in [5.74, 6) is -0.682. The summed E-state index contributed by atoms with van der Waals surface area (Å²) in [6, 6.07) is 15.1. The van der Waals surface area contributed by atoms with Crippen molar-refractivity contribution in [3.8, 4) is 11.5 Å². The number of carbonyl (C=O) groups excluding carboxylic acids is 2. The van der Waals surface area contributed by atoms with Gasteiger partial charge in [-0.05, 0) is 42.3 Å². The van der Waals surface area contributed by atoms with Gasteiger partial charge >= 0.3 is 0 Å². The van der Waals surface area contributed by atoms with Crippen LogP contribution in [0.3, 0.4) is 0 Å². The van der Waals surface area contributed by atoms with E-state index in [-0.39, 0.29) is 23.4 Å². The largest absolute Gasteiger partial charge is 0.506 e. The maximum absolute atomic E-state index is 13.2. The van der Waals surface area contributed by atoms with Crippen molar-refractivity contribution >= 4 is 17.4 Å². The first-order chi connectivity index (χ1) is 15.5. The Morgan fingerprint density at radius 2 is 1.69 bits per heavy atom. The SMILES string of the molecule is COc1cccc(OC)c1/C(O)=C1\C(=O)C(=O)N(Cc2ccco2)C1c1ccccc1C. The van der Waals surface area contributed by atoms with Crippen LogP contribution in [0.1, 0.15) is 28.5 Å². The summed E-state index contributed by atoms with van der Waals surface area (Å²) in [5, 5.41) is 11.4. The average Bonchev–Trinajstić information content (AvgIpc) is 3.41. The minimum absolute atomic E-state index is 0.0290. The number of likely N-dealkylation sites (tertiary alicyclic amines) is 1. The molecule has 1 saturated heterocycles. The van der Waals surface area contributed by atoms with Crippen molar-refractivity contribution < 1.29 is 28.6 Å². The molecule has 1 unspecified atom stereocenters. The van der Waals surface area contributed by atoms with Crippen molar-refractivity contribution in [1.82, 2.24) is 4.90 Å². The lowest BCUT2D eigenvalue weighted by atomic mass is 9.92. The number of methoxy groups -OCH3 is 2. The van der Waals surface area contributed by atoms with Crippen molar-refractivity contribution in [2.45, 2.75) is 19.5 Å². The second kappa shape index (κ2) is 8.63. The number of aryl methyl sites for hydroxylation is 1. The third kappa shape index (κ3) is 3.51. The van der Waals surface area contributed by atoms with Crippen molar-refractivity contribution in [3.63, 3.8) is 0 Å². The molecule has 1 aliphatic heterocycles. The molecule has 1 fully saturated rings. The van der Waals surface area contributed by atoms with Crippen LogP contribution in [0.5, 0.6) is 11.5 Å². The first-order valence-electron chi connectivity index (χ1n) is 10.1. The molecule has 1 atom stereocenters. The van der Waals surface area contributed by atoms with Crippen LogP contribution < -0.4 is 9.47 Å². The summed E-state index contributed by atoms with van der Waals surface area (Å²) in [6.45, 7) is 1.97. The van der Waals surface area contributed by atoms with Gasteiger partial charge in [-0.25, -0.2) is 0 Å². The van der Waals surface area contributed by atoms with Gasteiger partial charge in [-0.3, -0.25) is 9.59 Å². The maximum atomic E-state index is 13.2. The van der Waals surface area contributed by atoms with Crippen LogP contribution in [-0.2, 0) is 16.1 Å². The molecule has 1 N–H and O–H groups in total. The molecule has 3 aromatic rings. The molecule has 7 heteroatoms. The topological polar surface area (TPSA) is 89.2 Å². The number of nitrogens with zero attached hydrogens (tertiary/aromatic N) is 1. The Labute approximate surface area is 185 Å². The number of furan rings is 1. The van der Waals surface area contributed by atoms with Crippen molar-refractivity contribution in [2.24, 2.45) is 0 Å². The summed E-state index contributed by atoms with van der Waals surface area (Å²) in [6.07, 6.45) is 1.51. The van der Waals surface area contributed by atoms with E-state index in [1.54, 1.807) is 30.3 Å². The third-order valence-corrected chi connectivity index (χ3v) is 5.59. The van der Waals surface area contributed by atoms with Gasteiger partial charge in [0.1, 0.15) is 28.6 Å². The normalized spacial score (nSPS) is 17.6. The molecule has 0 spiro atoms. The monoisotopic (exact) mass is 433 g/mol. The molecule has 7 nitrogen and oxygen atoms in total. The molecule has 1 aliphatic rings. The molecule has 32 heavy (non-hydrogen) atoms. The van der Waals surface area contributed by atoms with E-state index in [9.17, 15) is 14.7 Å². The van der Waals surface area contributed by atoms with E-state index in [1.807, 2.05) is 31.2 Å². The maximum Gasteiger partial charge on any atom is 0.296 e. The Morgan fingerprint density at radius 1 is 1.00 bits per heavy atom. The highest BCUT2D eigenvalue weighted by Gasteiger charge is 2.47. The van der Waals surface area contributed by atoms with Crippen molar-refractivity contribution in [3.05, 3.63) is 88.9 Å². The summed E-state index contributed by atoms with van der Waals surface area (Å²) >= 11 is 0. The van der Waals surface area contributed by atoms with E-state index in [0.717, 1.165) is 11.1 Å². The van der Waals surface area contributed by atoms with Crippen LogP contribution in [0.25, 0.3) is 5.76 Å². The van der Waals surface area contributed by atoms with E-state index >= 15 is 0 Å². The number of aliphatic hydroxyl groups excluding tert-OH is 1. The molecule has 0 aliphatic carbocycles. The zero-order valence-electron chi connectivity index (χ0n) is 18.0. The van der Waals surface area contributed by atoms with Gasteiger partial charge in [-0.2, -0.15) is 0 Å². The molecule has 4 rings (SSSR count). The van der Waals surface area contributed by atoms with Gasteiger partial charge in [0.2, 0.25) is 0 Å². The quantitative estimate of drug-likeness (QED) is 0.356. The second-order valence-corrected chi connectivity index (χ2v) is 7.40. The number of ketones is 1. The Kier molecular flexibility index (Phi) is 5.73. The average molecular weight is 433 g/mol. The standard InChI is InChI=1S/C25H23NO6/c1-15-8-4-5-10-17(15)22-21(23(27)20-18(30-2)11-6-12-19(20)31-3)24(28)25(29)26(22)14-16-9-7-13-32-16/h4-13,22,27H,14H2,1-3H3/b23-21+. The Balaban J connectivity index is 1.96.